The van der Waals surface area contributed by atoms with Crippen molar-refractivity contribution in [2.75, 3.05) is 48.1 Å². The summed E-state index contributed by atoms with van der Waals surface area (Å²) < 4.78 is 24.2. The molecule has 39 heteroatoms. The van der Waals surface area contributed by atoms with Crippen molar-refractivity contribution in [3.8, 4) is 79.0 Å². The van der Waals surface area contributed by atoms with E-state index in [-0.39, 0.29) is 50.5 Å². The minimum absolute atomic E-state index is 0. The predicted octanol–water partition coefficient (Wildman–Crippen LogP) is 16.9. The highest BCUT2D eigenvalue weighted by molar-refractivity contribution is 7.17. The van der Waals surface area contributed by atoms with Crippen LogP contribution < -0.4 is 49.2 Å². The van der Waals surface area contributed by atoms with Gasteiger partial charge in [-0.15, -0.1) is 11.3 Å². The fraction of sp³-hybridized carbons (Fsp3) is 0.224. The lowest BCUT2D eigenvalue weighted by molar-refractivity contribution is 0.0951. The first-order valence-electron chi connectivity index (χ1n) is 41.3. The Morgan fingerprint density at radius 2 is 0.774 bits per heavy atom. The van der Waals surface area contributed by atoms with Crippen molar-refractivity contribution in [3.63, 3.8) is 0 Å². The number of benzene rings is 7. The third-order valence-corrected chi connectivity index (χ3v) is 23.4. The van der Waals surface area contributed by atoms with Gasteiger partial charge >= 0.3 is 0 Å². The lowest BCUT2D eigenvalue weighted by Gasteiger charge is -2.06. The number of hydrogen-bond acceptors (Lipinski definition) is 31. The Balaban J connectivity index is 0.000000147. The lowest BCUT2D eigenvalue weighted by atomic mass is 10.0. The van der Waals surface area contributed by atoms with E-state index in [4.69, 9.17) is 43.9 Å². The molecule has 0 aliphatic heterocycles. The van der Waals surface area contributed by atoms with Crippen molar-refractivity contribution in [1.29, 1.82) is 0 Å². The van der Waals surface area contributed by atoms with Gasteiger partial charge < -0.3 is 49.2 Å². The van der Waals surface area contributed by atoms with Crippen LogP contribution in [-0.4, -0.2) is 164 Å². The number of amides is 1. The molecule has 0 spiro atoms. The van der Waals surface area contributed by atoms with Gasteiger partial charge in [0.15, 0.2) is 33.9 Å². The molecule has 1 amide bonds. The van der Waals surface area contributed by atoms with E-state index in [9.17, 15) is 4.79 Å². The number of aromatic nitrogens is 28. The maximum absolute atomic E-state index is 12.2. The molecule has 0 saturated heterocycles. The van der Waals surface area contributed by atoms with Crippen LogP contribution in [-0.2, 0) is 49.3 Å². The molecule has 0 radical (unpaired) electrons. The summed E-state index contributed by atoms with van der Waals surface area (Å²) in [6.45, 7) is 8.46. The fourth-order valence-electron chi connectivity index (χ4n) is 15.7. The number of methoxy groups -OCH3 is 1. The second-order valence-corrected chi connectivity index (χ2v) is 31.9. The zero-order valence-corrected chi connectivity index (χ0v) is 74.0. The number of hydrogen-bond donors (Lipinski definition) is 7. The molecule has 23 rings (SSSR count). The molecule has 702 valence electrons. The normalized spacial score (nSPS) is 11.3. The van der Waals surface area contributed by atoms with Crippen LogP contribution in [0.1, 0.15) is 91.9 Å². The Hall–Kier alpha value is -17.3. The van der Waals surface area contributed by atoms with E-state index >= 15 is 0 Å². The Bertz CT molecular complexity index is 8200. The quantitative estimate of drug-likeness (QED) is 0.0632. The second-order valence-electron chi connectivity index (χ2n) is 31.0. The molecule has 1 aliphatic rings. The zero-order valence-electron chi connectivity index (χ0n) is 73.2. The highest BCUT2D eigenvalue weighted by atomic mass is 32.1. The molecule has 1 fully saturated rings. The van der Waals surface area contributed by atoms with E-state index in [2.05, 4.69) is 166 Å². The summed E-state index contributed by atoms with van der Waals surface area (Å²) in [4.78, 5) is 70.7. The minimum Gasteiger partial charge on any atom is -0.497 e. The van der Waals surface area contributed by atoms with Crippen molar-refractivity contribution < 1.29 is 14.3 Å². The van der Waals surface area contributed by atoms with Gasteiger partial charge in [-0.1, -0.05) is 123 Å². The maximum atomic E-state index is 12.2. The minimum atomic E-state index is -0.0567. The van der Waals surface area contributed by atoms with Gasteiger partial charge in [-0.05, 0) is 123 Å². The van der Waals surface area contributed by atoms with Crippen molar-refractivity contribution in [3.05, 3.63) is 212 Å². The summed E-state index contributed by atoms with van der Waals surface area (Å²) in [7, 11) is 14.7. The number of fused-ring (bicyclic) bond motifs is 10. The summed E-state index contributed by atoms with van der Waals surface area (Å²) in [5.74, 6) is 4.95. The highest BCUT2D eigenvalue weighted by Crippen LogP contribution is 2.41. The Kier molecular flexibility index (Phi) is 29.4. The van der Waals surface area contributed by atoms with Gasteiger partial charge in [-0.25, -0.2) is 97.9 Å². The van der Waals surface area contributed by atoms with Gasteiger partial charge in [0, 0.05) is 127 Å². The third-order valence-electron chi connectivity index (χ3n) is 22.4. The average molecular weight is 1860 g/mol. The van der Waals surface area contributed by atoms with Gasteiger partial charge in [0.25, 0.3) is 5.91 Å². The molecule has 0 bridgehead atoms. The van der Waals surface area contributed by atoms with E-state index in [1.807, 2.05) is 166 Å². The molecule has 22 aromatic rings. The summed E-state index contributed by atoms with van der Waals surface area (Å²) in [6.07, 6.45) is 12.6. The smallest absolute Gasteiger partial charge is 0.251 e. The topological polar surface area (TPSA) is 509 Å². The molecular formula is C98H111N35O3S. The number of rotatable bonds is 11. The van der Waals surface area contributed by atoms with Crippen molar-refractivity contribution in [2.24, 2.45) is 49.3 Å². The molecule has 7 aromatic carbocycles. The number of aryl methyl sites for hydroxylation is 10. The molecule has 15 heterocycles. The molecule has 38 nitrogen and oxygen atoms in total. The number of nitrogen functional groups attached to an aromatic ring is 6. The predicted molar refractivity (Wildman–Crippen MR) is 550 cm³/mol. The van der Waals surface area contributed by atoms with Crippen LogP contribution in [0.25, 0.3) is 176 Å². The van der Waals surface area contributed by atoms with Gasteiger partial charge in [-0.3, -0.25) is 9.48 Å². The summed E-state index contributed by atoms with van der Waals surface area (Å²) in [5.41, 5.74) is 54.2. The van der Waals surface area contributed by atoms with Gasteiger partial charge in [0.2, 0.25) is 0 Å². The van der Waals surface area contributed by atoms with E-state index < -0.39 is 0 Å². The summed E-state index contributed by atoms with van der Waals surface area (Å²) >= 11 is 1.70. The van der Waals surface area contributed by atoms with Crippen molar-refractivity contribution >= 4 is 161 Å². The summed E-state index contributed by atoms with van der Waals surface area (Å²) in [6, 6.07) is 46.5. The molecule has 0 unspecified atom stereocenters. The first-order chi connectivity index (χ1) is 63.4. The molecule has 1 aliphatic carbocycles. The third kappa shape index (κ3) is 19.1. The molecule has 13 N–H and O–H groups in total. The number of carbonyl (C=O) groups excluding carboxylic acids is 1. The number of nitrogens with zero attached hydrogens (tertiary/aromatic N) is 28. The number of nitrogens with two attached hydrogens (primary N) is 6. The van der Waals surface area contributed by atoms with Crippen LogP contribution in [0.3, 0.4) is 0 Å². The standard InChI is InChI=1S/C18H17N5O.C17H15N5O.C16H16N6O.C15H15N7.C14H11N5S.C12H13N7.6CH4/c1-3-24-14-7-6-11-8-13(5-4-12(11)9-14)16-15-17(19)20-10-21-18(15)23(2)22-16;1-22-17-14(16(18)19-9-20-17)15(21-22)12-4-3-11-8-13(23-2)6-5-10(11)7-12;1-22-15-12(14(17)18-8-19-15)13(21-22)9-3-2-4-10(7-9)16(23)20-11-5-6-11;1-8-10-5-4-9(6-11(10)19-21(8)2)13-12-14(16)17-7-18-15(12)22(3)20-13;1-19-14-11(13(15)16-7-17-14)12(18-19)9-6-20-10-5-3-2-4-8(9)10;1-6-8(4-14-7(2)17-6)10-9-11(13)15-5-16-12(9)19(3)18-10;;;;;;/h4-10H,3H2,1-2H3,(H2,19,20,21);3-9H,1-2H3,(H2,18,19,20);2-4,7-8,11H,5-6H2,1H3,(H,20,23)(H2,17,18,19);4-7H,1-3H3,(H2,16,17,18);2-7H,1H3,(H2,15,16,17);4-5H,1-3H3,(H2,13,15,16);6*1H4. The lowest BCUT2D eigenvalue weighted by Crippen LogP contribution is -2.25. The molecule has 137 heavy (non-hydrogen) atoms. The van der Waals surface area contributed by atoms with Gasteiger partial charge in [0.1, 0.15) is 124 Å². The van der Waals surface area contributed by atoms with E-state index in [0.29, 0.717) is 81.2 Å². The number of ether oxygens (including phenoxy) is 2. The van der Waals surface area contributed by atoms with Crippen LogP contribution in [0.15, 0.2) is 189 Å². The average Bonchev–Trinajstić information content (AvgIpc) is 1.58. The van der Waals surface area contributed by atoms with Crippen molar-refractivity contribution in [1.82, 2.24) is 144 Å². The van der Waals surface area contributed by atoms with Crippen LogP contribution >= 0.6 is 11.3 Å². The Morgan fingerprint density at radius 3 is 1.20 bits per heavy atom. The first-order valence-corrected chi connectivity index (χ1v) is 42.2. The Morgan fingerprint density at radius 1 is 0.394 bits per heavy atom. The van der Waals surface area contributed by atoms with Gasteiger partial charge in [0.05, 0.1) is 57.2 Å². The maximum Gasteiger partial charge on any atom is 0.251 e. The SMILES string of the molecule is C.C.C.C.C.C.CCOc1ccc2cc(-c3nn(C)c4ncnc(N)c34)ccc2c1.COc1ccc2cc(-c3nn(C)c4ncnc(N)c34)ccc2c1.Cc1c2ccc(-c3nn(C)c4ncnc(N)c34)cc2nn1C.Cc1ncc(-c2nn(C)c3ncnc(N)c23)c(C)n1.Cn1nc(-c2cccc(C(=O)NC3CC3)c2)c2c(N)ncnc21.Cn1nc(-c2csc3ccccc23)c2c(N)ncnc21. The zero-order chi connectivity index (χ0) is 91.3. The van der Waals surface area contributed by atoms with E-state index in [0.717, 1.165) is 180 Å². The monoisotopic (exact) mass is 1860 g/mol. The van der Waals surface area contributed by atoms with Crippen molar-refractivity contribution in [2.45, 2.75) is 91.1 Å². The first kappa shape index (κ1) is 98.8. The van der Waals surface area contributed by atoms with Crippen LogP contribution in [0, 0.1) is 20.8 Å². The van der Waals surface area contributed by atoms with Crippen LogP contribution in [0.5, 0.6) is 11.5 Å². The van der Waals surface area contributed by atoms with Gasteiger partial charge in [-0.2, -0.15) is 35.7 Å². The number of nitrogens with one attached hydrogen (secondary N) is 1. The largest absolute Gasteiger partial charge is 0.497 e. The van der Waals surface area contributed by atoms with E-state index in [1.54, 1.807) is 58.8 Å². The Labute approximate surface area is 793 Å². The highest BCUT2D eigenvalue weighted by Gasteiger charge is 2.27. The molecular weight excluding hydrogens is 1750 g/mol. The number of carbonyl (C=O) groups is 1. The molecule has 15 aromatic heterocycles. The number of anilines is 6. The van der Waals surface area contributed by atoms with Crippen LogP contribution in [0.4, 0.5) is 34.9 Å². The fourth-order valence-corrected chi connectivity index (χ4v) is 16.7. The summed E-state index contributed by atoms with van der Waals surface area (Å²) in [5, 5.41) is 48.2. The number of thiophene rings is 1. The second kappa shape index (κ2) is 40.8. The van der Waals surface area contributed by atoms with E-state index in [1.165, 1.54) is 48.1 Å². The molecule has 1 saturated carbocycles. The molecule has 0 atom stereocenters. The van der Waals surface area contributed by atoms with Crippen LogP contribution in [0.2, 0.25) is 0 Å².